The van der Waals surface area contributed by atoms with Gasteiger partial charge in [-0.1, -0.05) is 6.92 Å². The smallest absolute Gasteiger partial charge is 0.0894 e. The molecule has 17 heavy (non-hydrogen) atoms. The Hall–Kier alpha value is -1.50. The van der Waals surface area contributed by atoms with Crippen LogP contribution in [0.1, 0.15) is 24.9 Å². The molecule has 0 radical (unpaired) electrons. The van der Waals surface area contributed by atoms with Crippen LogP contribution in [0.5, 0.6) is 0 Å². The minimum absolute atomic E-state index is 0.0664. The number of nitrogens with one attached hydrogen (secondary N) is 1. The average molecular weight is 235 g/mol. The topological polar surface area (TPSA) is 77.5 Å². The second kappa shape index (κ2) is 5.72. The summed E-state index contributed by atoms with van der Waals surface area (Å²) >= 11 is 0. The van der Waals surface area contributed by atoms with Crippen LogP contribution in [0.2, 0.25) is 0 Å². The highest BCUT2D eigenvalue weighted by Gasteiger charge is 2.15. The standard InChI is InChI=1S/C11H17N5O/c1-2-5-17-8-10(15-12)9-6-14-16-4-3-13-7-11(9)16/h3-4,6-7,10,15H,2,5,8,12H2,1H3. The van der Waals surface area contributed by atoms with Crippen molar-refractivity contribution in [2.75, 3.05) is 13.2 Å². The van der Waals surface area contributed by atoms with Crippen LogP contribution >= 0.6 is 0 Å². The van der Waals surface area contributed by atoms with Gasteiger partial charge in [0.15, 0.2) is 0 Å². The number of nitrogens with zero attached hydrogens (tertiary/aromatic N) is 3. The van der Waals surface area contributed by atoms with Gasteiger partial charge in [-0.2, -0.15) is 5.10 Å². The van der Waals surface area contributed by atoms with E-state index in [2.05, 4.69) is 22.4 Å². The number of hydrogen-bond donors (Lipinski definition) is 2. The Labute approximate surface area is 99.8 Å². The maximum Gasteiger partial charge on any atom is 0.0894 e. The molecule has 1 atom stereocenters. The fourth-order valence-electron chi connectivity index (χ4n) is 1.69. The van der Waals surface area contributed by atoms with Gasteiger partial charge in [0.1, 0.15) is 0 Å². The fraction of sp³-hybridized carbons (Fsp3) is 0.455. The van der Waals surface area contributed by atoms with Crippen LogP contribution in [0.15, 0.2) is 24.8 Å². The van der Waals surface area contributed by atoms with E-state index < -0.39 is 0 Å². The molecule has 0 aliphatic heterocycles. The van der Waals surface area contributed by atoms with E-state index in [-0.39, 0.29) is 6.04 Å². The molecule has 6 nitrogen and oxygen atoms in total. The van der Waals surface area contributed by atoms with Gasteiger partial charge in [-0.3, -0.25) is 16.3 Å². The molecule has 0 amide bonds. The molecule has 3 N–H and O–H groups in total. The lowest BCUT2D eigenvalue weighted by molar-refractivity contribution is 0.112. The van der Waals surface area contributed by atoms with Crippen molar-refractivity contribution in [3.8, 4) is 0 Å². The highest BCUT2D eigenvalue weighted by molar-refractivity contribution is 5.53. The van der Waals surface area contributed by atoms with Crippen molar-refractivity contribution >= 4 is 5.52 Å². The quantitative estimate of drug-likeness (QED) is 0.437. The number of hydrogen-bond acceptors (Lipinski definition) is 5. The lowest BCUT2D eigenvalue weighted by Gasteiger charge is -2.14. The van der Waals surface area contributed by atoms with E-state index in [1.54, 1.807) is 29.3 Å². The lowest BCUT2D eigenvalue weighted by Crippen LogP contribution is -2.31. The van der Waals surface area contributed by atoms with Gasteiger partial charge < -0.3 is 4.74 Å². The van der Waals surface area contributed by atoms with Crippen LogP contribution in [0.4, 0.5) is 0 Å². The van der Waals surface area contributed by atoms with Crippen molar-refractivity contribution in [3.05, 3.63) is 30.4 Å². The Morgan fingerprint density at radius 1 is 1.53 bits per heavy atom. The molecule has 2 heterocycles. The van der Waals surface area contributed by atoms with E-state index in [1.807, 2.05) is 0 Å². The first-order chi connectivity index (χ1) is 8.36. The Morgan fingerprint density at radius 2 is 2.41 bits per heavy atom. The minimum Gasteiger partial charge on any atom is -0.379 e. The minimum atomic E-state index is -0.0664. The predicted molar refractivity (Wildman–Crippen MR) is 64.2 cm³/mol. The molecule has 0 bridgehead atoms. The molecule has 0 aliphatic carbocycles. The number of aromatic nitrogens is 3. The molecular weight excluding hydrogens is 218 g/mol. The summed E-state index contributed by atoms with van der Waals surface area (Å²) in [5, 5.41) is 4.24. The maximum atomic E-state index is 5.55. The van der Waals surface area contributed by atoms with Gasteiger partial charge in [0.05, 0.1) is 30.6 Å². The van der Waals surface area contributed by atoms with Crippen molar-refractivity contribution in [3.63, 3.8) is 0 Å². The van der Waals surface area contributed by atoms with Crippen molar-refractivity contribution in [1.82, 2.24) is 20.0 Å². The van der Waals surface area contributed by atoms with E-state index in [4.69, 9.17) is 10.6 Å². The molecule has 92 valence electrons. The first-order valence-corrected chi connectivity index (χ1v) is 5.68. The van der Waals surface area contributed by atoms with Gasteiger partial charge in [-0.25, -0.2) is 4.52 Å². The monoisotopic (exact) mass is 235 g/mol. The molecule has 2 aromatic heterocycles. The van der Waals surface area contributed by atoms with Gasteiger partial charge in [-0.15, -0.1) is 0 Å². The normalized spacial score (nSPS) is 13.1. The first-order valence-electron chi connectivity index (χ1n) is 5.68. The van der Waals surface area contributed by atoms with Gasteiger partial charge in [0.2, 0.25) is 0 Å². The summed E-state index contributed by atoms with van der Waals surface area (Å²) < 4.78 is 7.28. The first kappa shape index (κ1) is 12.0. The summed E-state index contributed by atoms with van der Waals surface area (Å²) in [6, 6.07) is -0.0664. The molecule has 0 saturated carbocycles. The average Bonchev–Trinajstić information content (AvgIpc) is 2.79. The number of nitrogens with two attached hydrogens (primary N) is 1. The van der Waals surface area contributed by atoms with Crippen LogP contribution in [-0.4, -0.2) is 27.8 Å². The zero-order valence-electron chi connectivity index (χ0n) is 9.84. The largest absolute Gasteiger partial charge is 0.379 e. The summed E-state index contributed by atoms with van der Waals surface area (Å²) in [5.74, 6) is 5.55. The third kappa shape index (κ3) is 2.60. The molecule has 2 rings (SSSR count). The molecule has 0 saturated heterocycles. The van der Waals surface area contributed by atoms with Crippen molar-refractivity contribution in [1.29, 1.82) is 0 Å². The van der Waals surface area contributed by atoms with E-state index in [1.165, 1.54) is 0 Å². The second-order valence-corrected chi connectivity index (χ2v) is 3.80. The van der Waals surface area contributed by atoms with Crippen LogP contribution in [0.3, 0.4) is 0 Å². The predicted octanol–water partition coefficient (Wildman–Crippen LogP) is 0.660. The van der Waals surface area contributed by atoms with Gasteiger partial charge in [0, 0.05) is 24.6 Å². The van der Waals surface area contributed by atoms with E-state index in [9.17, 15) is 0 Å². The molecule has 0 aromatic carbocycles. The molecular formula is C11H17N5O. The van der Waals surface area contributed by atoms with Gasteiger partial charge in [-0.05, 0) is 6.42 Å². The third-order valence-corrected chi connectivity index (χ3v) is 2.56. The Bertz CT molecular complexity index is 470. The maximum absolute atomic E-state index is 5.55. The zero-order chi connectivity index (χ0) is 12.1. The molecule has 2 aromatic rings. The summed E-state index contributed by atoms with van der Waals surface area (Å²) in [4.78, 5) is 4.09. The number of rotatable bonds is 6. The summed E-state index contributed by atoms with van der Waals surface area (Å²) in [6.07, 6.45) is 8.05. The van der Waals surface area contributed by atoms with Crippen molar-refractivity contribution < 1.29 is 4.74 Å². The lowest BCUT2D eigenvalue weighted by atomic mass is 10.1. The fourth-order valence-corrected chi connectivity index (χ4v) is 1.69. The summed E-state index contributed by atoms with van der Waals surface area (Å²) in [5.41, 5.74) is 4.69. The van der Waals surface area contributed by atoms with E-state index in [0.29, 0.717) is 6.61 Å². The van der Waals surface area contributed by atoms with Crippen LogP contribution in [0.25, 0.3) is 5.52 Å². The Morgan fingerprint density at radius 3 is 3.18 bits per heavy atom. The van der Waals surface area contributed by atoms with Crippen molar-refractivity contribution in [2.45, 2.75) is 19.4 Å². The second-order valence-electron chi connectivity index (χ2n) is 3.80. The van der Waals surface area contributed by atoms with Gasteiger partial charge in [0.25, 0.3) is 0 Å². The summed E-state index contributed by atoms with van der Waals surface area (Å²) in [7, 11) is 0. The molecule has 0 aliphatic rings. The molecule has 0 spiro atoms. The Balaban J connectivity index is 2.18. The summed E-state index contributed by atoms with van der Waals surface area (Å²) in [6.45, 7) is 3.33. The highest BCUT2D eigenvalue weighted by Crippen LogP contribution is 2.17. The van der Waals surface area contributed by atoms with Crippen LogP contribution in [-0.2, 0) is 4.74 Å². The third-order valence-electron chi connectivity index (χ3n) is 2.56. The highest BCUT2D eigenvalue weighted by atomic mass is 16.5. The molecule has 6 heteroatoms. The van der Waals surface area contributed by atoms with Crippen LogP contribution in [0, 0.1) is 0 Å². The Kier molecular flexibility index (Phi) is 4.03. The van der Waals surface area contributed by atoms with E-state index >= 15 is 0 Å². The number of hydrazine groups is 1. The van der Waals surface area contributed by atoms with Crippen molar-refractivity contribution in [2.24, 2.45) is 5.84 Å². The number of fused-ring (bicyclic) bond motifs is 1. The number of ether oxygens (including phenoxy) is 1. The zero-order valence-corrected chi connectivity index (χ0v) is 9.84. The van der Waals surface area contributed by atoms with E-state index in [0.717, 1.165) is 24.1 Å². The van der Waals surface area contributed by atoms with Gasteiger partial charge >= 0.3 is 0 Å². The molecule has 0 fully saturated rings. The van der Waals surface area contributed by atoms with Crippen LogP contribution < -0.4 is 11.3 Å². The SMILES string of the molecule is CCCOCC(NN)c1cnn2ccncc12. The molecule has 1 unspecified atom stereocenters.